The first-order valence-corrected chi connectivity index (χ1v) is 8.24. The lowest BCUT2D eigenvalue weighted by molar-refractivity contribution is 0.189. The van der Waals surface area contributed by atoms with Crippen molar-refractivity contribution in [1.82, 2.24) is 10.2 Å². The molecule has 1 aliphatic rings. The molecule has 20 heavy (non-hydrogen) atoms. The quantitative estimate of drug-likeness (QED) is 0.928. The van der Waals surface area contributed by atoms with Crippen LogP contribution in [0.4, 0.5) is 4.79 Å². The summed E-state index contributed by atoms with van der Waals surface area (Å²) in [6.07, 6.45) is 2.90. The van der Waals surface area contributed by atoms with Crippen LogP contribution >= 0.6 is 11.8 Å². The number of urea groups is 1. The molecule has 1 atom stereocenters. The Morgan fingerprint density at radius 3 is 3.05 bits per heavy atom. The molecule has 1 aromatic carbocycles. The van der Waals surface area contributed by atoms with Gasteiger partial charge in [0.2, 0.25) is 0 Å². The van der Waals surface area contributed by atoms with Crippen molar-refractivity contribution in [2.24, 2.45) is 0 Å². The summed E-state index contributed by atoms with van der Waals surface area (Å²) in [5.74, 6) is 1.86. The van der Waals surface area contributed by atoms with Gasteiger partial charge in [-0.2, -0.15) is 11.8 Å². The largest absolute Gasteiger partial charge is 0.496 e. The summed E-state index contributed by atoms with van der Waals surface area (Å²) in [6, 6.07) is 6.26. The fraction of sp³-hybridized carbons (Fsp3) is 0.533. The molecule has 2 amide bonds. The number of nitrogens with one attached hydrogen (secondary N) is 1. The van der Waals surface area contributed by atoms with Crippen molar-refractivity contribution in [3.05, 3.63) is 29.3 Å². The number of amides is 2. The second-order valence-corrected chi connectivity index (χ2v) is 5.99. The molecule has 0 spiro atoms. The molecule has 1 N–H and O–H groups in total. The summed E-state index contributed by atoms with van der Waals surface area (Å²) in [5.41, 5.74) is 2.42. The molecule has 5 heteroatoms. The van der Waals surface area contributed by atoms with E-state index in [0.29, 0.717) is 6.54 Å². The van der Waals surface area contributed by atoms with Gasteiger partial charge in [-0.1, -0.05) is 12.1 Å². The van der Waals surface area contributed by atoms with Gasteiger partial charge in [-0.3, -0.25) is 0 Å². The molecule has 2 rings (SSSR count). The van der Waals surface area contributed by atoms with E-state index in [-0.39, 0.29) is 12.1 Å². The Morgan fingerprint density at radius 1 is 1.55 bits per heavy atom. The Kier molecular flexibility index (Phi) is 5.17. The molecule has 0 aliphatic carbocycles. The van der Waals surface area contributed by atoms with Crippen LogP contribution in [0.5, 0.6) is 5.75 Å². The van der Waals surface area contributed by atoms with Crippen molar-refractivity contribution < 1.29 is 9.53 Å². The molecule has 110 valence electrons. The lowest BCUT2D eigenvalue weighted by Crippen LogP contribution is -2.46. The average Bonchev–Trinajstić information content (AvgIpc) is 2.46. The third kappa shape index (κ3) is 3.39. The predicted octanol–water partition coefficient (Wildman–Crippen LogP) is 2.51. The number of nitrogens with zero attached hydrogens (tertiary/aromatic N) is 1. The maximum absolute atomic E-state index is 12.2. The number of ether oxygens (including phenoxy) is 1. The van der Waals surface area contributed by atoms with Gasteiger partial charge in [-0.15, -0.1) is 0 Å². The fourth-order valence-electron chi connectivity index (χ4n) is 2.53. The lowest BCUT2D eigenvalue weighted by Gasteiger charge is -2.30. The number of carbonyl (C=O) groups is 1. The average molecular weight is 294 g/mol. The van der Waals surface area contributed by atoms with E-state index in [4.69, 9.17) is 4.74 Å². The van der Waals surface area contributed by atoms with Gasteiger partial charge in [0.05, 0.1) is 7.11 Å². The monoisotopic (exact) mass is 294 g/mol. The molecule has 1 aliphatic heterocycles. The van der Waals surface area contributed by atoms with Gasteiger partial charge in [-0.25, -0.2) is 4.79 Å². The molecule has 0 radical (unpaired) electrons. The van der Waals surface area contributed by atoms with Crippen molar-refractivity contribution in [3.8, 4) is 5.75 Å². The van der Waals surface area contributed by atoms with Crippen LogP contribution < -0.4 is 10.1 Å². The molecule has 0 fully saturated rings. The SMILES string of the molecule is COc1cccc2c1CCN(C(=O)NC(C)CSC)C2. The third-order valence-corrected chi connectivity index (χ3v) is 4.35. The van der Waals surface area contributed by atoms with Crippen molar-refractivity contribution in [1.29, 1.82) is 0 Å². The number of methoxy groups -OCH3 is 1. The molecule has 0 bridgehead atoms. The normalized spacial score (nSPS) is 15.4. The minimum absolute atomic E-state index is 0.0278. The summed E-state index contributed by atoms with van der Waals surface area (Å²) in [5, 5.41) is 3.04. The number of hydrogen-bond donors (Lipinski definition) is 1. The van der Waals surface area contributed by atoms with Gasteiger partial charge < -0.3 is 15.0 Å². The molecule has 0 saturated carbocycles. The van der Waals surface area contributed by atoms with Crippen LogP contribution in [-0.4, -0.2) is 42.6 Å². The number of thioether (sulfide) groups is 1. The Bertz CT molecular complexity index is 479. The van der Waals surface area contributed by atoms with Crippen LogP contribution in [-0.2, 0) is 13.0 Å². The standard InChI is InChI=1S/C15H22N2O2S/c1-11(10-20-3)16-15(18)17-8-7-13-12(9-17)5-4-6-14(13)19-2/h4-6,11H,7-10H2,1-3H3,(H,16,18). The zero-order chi connectivity index (χ0) is 14.5. The van der Waals surface area contributed by atoms with Crippen LogP contribution in [0, 0.1) is 0 Å². The summed E-state index contributed by atoms with van der Waals surface area (Å²) in [7, 11) is 1.69. The smallest absolute Gasteiger partial charge is 0.317 e. The van der Waals surface area contributed by atoms with E-state index in [1.54, 1.807) is 18.9 Å². The van der Waals surface area contributed by atoms with Crippen molar-refractivity contribution in [2.75, 3.05) is 25.7 Å². The lowest BCUT2D eigenvalue weighted by atomic mass is 9.99. The van der Waals surface area contributed by atoms with Crippen LogP contribution in [0.2, 0.25) is 0 Å². The molecule has 1 heterocycles. The van der Waals surface area contributed by atoms with E-state index in [1.807, 2.05) is 30.2 Å². The van der Waals surface area contributed by atoms with Gasteiger partial charge >= 0.3 is 6.03 Å². The highest BCUT2D eigenvalue weighted by Crippen LogP contribution is 2.27. The molecule has 0 saturated heterocycles. The maximum atomic E-state index is 12.2. The van der Waals surface area contributed by atoms with Crippen molar-refractivity contribution in [3.63, 3.8) is 0 Å². The van der Waals surface area contributed by atoms with Crippen LogP contribution in [0.3, 0.4) is 0 Å². The van der Waals surface area contributed by atoms with Crippen molar-refractivity contribution >= 4 is 17.8 Å². The van der Waals surface area contributed by atoms with E-state index in [0.717, 1.165) is 24.5 Å². The molecule has 1 unspecified atom stereocenters. The third-order valence-electron chi connectivity index (χ3n) is 3.52. The highest BCUT2D eigenvalue weighted by molar-refractivity contribution is 7.98. The molecule has 0 aromatic heterocycles. The molecular formula is C15H22N2O2S. The van der Waals surface area contributed by atoms with E-state index >= 15 is 0 Å². The Hall–Kier alpha value is -1.36. The molecule has 1 aromatic rings. The summed E-state index contributed by atoms with van der Waals surface area (Å²) >= 11 is 1.74. The topological polar surface area (TPSA) is 41.6 Å². The second kappa shape index (κ2) is 6.88. The number of hydrogen-bond acceptors (Lipinski definition) is 3. The summed E-state index contributed by atoms with van der Waals surface area (Å²) in [4.78, 5) is 14.1. The predicted molar refractivity (Wildman–Crippen MR) is 83.5 cm³/mol. The van der Waals surface area contributed by atoms with E-state index < -0.39 is 0 Å². The number of fused-ring (bicyclic) bond motifs is 1. The summed E-state index contributed by atoms with van der Waals surface area (Å²) < 4.78 is 5.38. The number of benzene rings is 1. The van der Waals surface area contributed by atoms with Crippen LogP contribution in [0.15, 0.2) is 18.2 Å². The zero-order valence-corrected chi connectivity index (χ0v) is 13.1. The maximum Gasteiger partial charge on any atom is 0.317 e. The highest BCUT2D eigenvalue weighted by Gasteiger charge is 2.23. The van der Waals surface area contributed by atoms with Crippen LogP contribution in [0.1, 0.15) is 18.1 Å². The Morgan fingerprint density at radius 2 is 2.35 bits per heavy atom. The minimum atomic E-state index is 0.0278. The zero-order valence-electron chi connectivity index (χ0n) is 12.3. The second-order valence-electron chi connectivity index (χ2n) is 5.08. The van der Waals surface area contributed by atoms with Crippen LogP contribution in [0.25, 0.3) is 0 Å². The van der Waals surface area contributed by atoms with Gasteiger partial charge in [0, 0.05) is 30.4 Å². The van der Waals surface area contributed by atoms with Crippen molar-refractivity contribution in [2.45, 2.75) is 25.9 Å². The first-order chi connectivity index (χ1) is 9.65. The Balaban J connectivity index is 2.02. The molecule has 4 nitrogen and oxygen atoms in total. The van der Waals surface area contributed by atoms with Gasteiger partial charge in [0.15, 0.2) is 0 Å². The Labute approximate surface area is 124 Å². The number of rotatable bonds is 4. The highest BCUT2D eigenvalue weighted by atomic mass is 32.2. The van der Waals surface area contributed by atoms with E-state index in [1.165, 1.54) is 11.1 Å². The van der Waals surface area contributed by atoms with Gasteiger partial charge in [-0.05, 0) is 31.2 Å². The first kappa shape index (κ1) is 15.0. The van der Waals surface area contributed by atoms with E-state index in [9.17, 15) is 4.79 Å². The number of carbonyl (C=O) groups excluding carboxylic acids is 1. The fourth-order valence-corrected chi connectivity index (χ4v) is 3.12. The summed E-state index contributed by atoms with van der Waals surface area (Å²) in [6.45, 7) is 3.44. The van der Waals surface area contributed by atoms with Gasteiger partial charge in [0.1, 0.15) is 5.75 Å². The van der Waals surface area contributed by atoms with E-state index in [2.05, 4.69) is 11.4 Å². The minimum Gasteiger partial charge on any atom is -0.496 e. The van der Waals surface area contributed by atoms with Gasteiger partial charge in [0.25, 0.3) is 0 Å². The first-order valence-electron chi connectivity index (χ1n) is 6.84. The molecular weight excluding hydrogens is 272 g/mol.